The van der Waals surface area contributed by atoms with Crippen molar-refractivity contribution in [3.8, 4) is 0 Å². The van der Waals surface area contributed by atoms with Crippen molar-refractivity contribution in [2.75, 3.05) is 38.1 Å². The van der Waals surface area contributed by atoms with Gasteiger partial charge in [-0.15, -0.1) is 0 Å². The van der Waals surface area contributed by atoms with Crippen LogP contribution in [0.4, 0.5) is 10.1 Å². The summed E-state index contributed by atoms with van der Waals surface area (Å²) in [5.41, 5.74) is 4.07. The second-order valence-electron chi connectivity index (χ2n) is 9.47. The summed E-state index contributed by atoms with van der Waals surface area (Å²) in [5.74, 6) is -0.657. The molecular formula is C26H33FN6O3. The van der Waals surface area contributed by atoms with Crippen LogP contribution in [0.3, 0.4) is 0 Å². The largest absolute Gasteiger partial charge is 0.356 e. The van der Waals surface area contributed by atoms with E-state index in [0.29, 0.717) is 37.8 Å². The van der Waals surface area contributed by atoms with E-state index in [0.717, 1.165) is 27.8 Å². The van der Waals surface area contributed by atoms with Crippen LogP contribution < -0.4 is 15.5 Å². The number of likely N-dealkylation sites (N-methyl/N-ethyl adjacent to an activating group) is 1. The minimum atomic E-state index is -0.288. The standard InChI is InChI=1S/C26H33FN6O3/c1-17(2)28-7-8-29-25(34)15-32(23-11-24-20(9-18(23)3)12-30-36-24)16-26(35)31(4)33-13-19-5-6-22(27)10-21(19)14-33/h5-6,9-12,17,28H,7-8,13-16H2,1-4H3,(H,29,34). The molecule has 9 nitrogen and oxygen atoms in total. The minimum Gasteiger partial charge on any atom is -0.356 e. The number of hydrogen-bond acceptors (Lipinski definition) is 7. The SMILES string of the molecule is Cc1cc2cnoc2cc1N(CC(=O)NCCNC(C)C)CC(=O)N(C)N1Cc2ccc(F)cc2C1. The molecule has 36 heavy (non-hydrogen) atoms. The zero-order chi connectivity index (χ0) is 25.8. The molecule has 3 aromatic rings. The number of carbonyl (C=O) groups excluding carboxylic acids is 2. The van der Waals surface area contributed by atoms with E-state index >= 15 is 0 Å². The molecule has 0 radical (unpaired) electrons. The molecule has 1 aliphatic rings. The Morgan fingerprint density at radius 1 is 1.14 bits per heavy atom. The number of amides is 2. The number of aromatic nitrogens is 1. The van der Waals surface area contributed by atoms with Crippen LogP contribution in [0.2, 0.25) is 0 Å². The van der Waals surface area contributed by atoms with Crippen LogP contribution in [0.1, 0.15) is 30.5 Å². The van der Waals surface area contributed by atoms with Crippen molar-refractivity contribution < 1.29 is 18.5 Å². The molecule has 2 amide bonds. The van der Waals surface area contributed by atoms with Gasteiger partial charge in [-0.05, 0) is 41.8 Å². The summed E-state index contributed by atoms with van der Waals surface area (Å²) in [6.07, 6.45) is 1.64. The number of hydrazine groups is 1. The third kappa shape index (κ3) is 6.00. The molecule has 0 bridgehead atoms. The van der Waals surface area contributed by atoms with Crippen LogP contribution in [-0.4, -0.2) is 66.3 Å². The maximum absolute atomic E-state index is 13.6. The molecule has 1 aliphatic heterocycles. The molecular weight excluding hydrogens is 463 g/mol. The molecule has 0 spiro atoms. The maximum Gasteiger partial charge on any atom is 0.256 e. The molecule has 2 aromatic carbocycles. The smallest absolute Gasteiger partial charge is 0.256 e. The lowest BCUT2D eigenvalue weighted by Gasteiger charge is -2.31. The van der Waals surface area contributed by atoms with Gasteiger partial charge >= 0.3 is 0 Å². The minimum absolute atomic E-state index is 0.00712. The molecule has 10 heteroatoms. The third-order valence-electron chi connectivity index (χ3n) is 6.33. The predicted molar refractivity (Wildman–Crippen MR) is 136 cm³/mol. The monoisotopic (exact) mass is 496 g/mol. The van der Waals surface area contributed by atoms with Crippen molar-refractivity contribution in [3.63, 3.8) is 0 Å². The lowest BCUT2D eigenvalue weighted by Crippen LogP contribution is -2.48. The average Bonchev–Trinajstić information content (AvgIpc) is 3.46. The summed E-state index contributed by atoms with van der Waals surface area (Å²) >= 11 is 0. The number of anilines is 1. The predicted octanol–water partition coefficient (Wildman–Crippen LogP) is 2.59. The molecule has 4 rings (SSSR count). The van der Waals surface area contributed by atoms with Crippen LogP contribution in [0.5, 0.6) is 0 Å². The van der Waals surface area contributed by atoms with Gasteiger partial charge in [-0.2, -0.15) is 0 Å². The van der Waals surface area contributed by atoms with Crippen LogP contribution in [0.15, 0.2) is 41.1 Å². The van der Waals surface area contributed by atoms with Crippen molar-refractivity contribution in [1.82, 2.24) is 25.8 Å². The number of benzene rings is 2. The molecule has 0 fully saturated rings. The molecule has 2 N–H and O–H groups in total. The Bertz CT molecular complexity index is 1240. The Morgan fingerprint density at radius 3 is 2.69 bits per heavy atom. The van der Waals surface area contributed by atoms with Gasteiger partial charge in [0.05, 0.1) is 19.3 Å². The highest BCUT2D eigenvalue weighted by Crippen LogP contribution is 2.28. The molecule has 0 atom stereocenters. The fourth-order valence-corrected chi connectivity index (χ4v) is 4.36. The Hall–Kier alpha value is -3.50. The average molecular weight is 497 g/mol. The highest BCUT2D eigenvalue weighted by molar-refractivity contribution is 5.89. The summed E-state index contributed by atoms with van der Waals surface area (Å²) in [4.78, 5) is 27.9. The number of carbonyl (C=O) groups is 2. The normalized spacial score (nSPS) is 13.3. The topological polar surface area (TPSA) is 93.9 Å². The molecule has 0 aliphatic carbocycles. The second-order valence-corrected chi connectivity index (χ2v) is 9.47. The first-order valence-corrected chi connectivity index (χ1v) is 12.1. The summed E-state index contributed by atoms with van der Waals surface area (Å²) in [6.45, 7) is 8.12. The van der Waals surface area contributed by atoms with E-state index in [2.05, 4.69) is 15.8 Å². The van der Waals surface area contributed by atoms with Crippen molar-refractivity contribution in [2.45, 2.75) is 39.9 Å². The number of aryl methyl sites for hydroxylation is 1. The number of halogens is 1. The third-order valence-corrected chi connectivity index (χ3v) is 6.33. The van der Waals surface area contributed by atoms with Crippen LogP contribution in [0, 0.1) is 12.7 Å². The number of rotatable bonds is 10. The van der Waals surface area contributed by atoms with Gasteiger partial charge in [0.15, 0.2) is 5.58 Å². The van der Waals surface area contributed by atoms with Crippen molar-refractivity contribution >= 4 is 28.5 Å². The zero-order valence-corrected chi connectivity index (χ0v) is 21.2. The van der Waals surface area contributed by atoms with E-state index in [9.17, 15) is 14.0 Å². The van der Waals surface area contributed by atoms with E-state index in [-0.39, 0.29) is 30.7 Å². The van der Waals surface area contributed by atoms with E-state index in [1.807, 2.05) is 37.9 Å². The van der Waals surface area contributed by atoms with Crippen molar-refractivity contribution in [1.29, 1.82) is 0 Å². The maximum atomic E-state index is 13.6. The zero-order valence-electron chi connectivity index (χ0n) is 21.2. The second kappa shape index (κ2) is 11.0. The van der Waals surface area contributed by atoms with E-state index in [1.54, 1.807) is 29.2 Å². The number of hydrogen-bond donors (Lipinski definition) is 2. The van der Waals surface area contributed by atoms with Crippen LogP contribution in [-0.2, 0) is 22.7 Å². The molecule has 0 saturated carbocycles. The Labute approximate surface area is 210 Å². The van der Waals surface area contributed by atoms with E-state index in [1.165, 1.54) is 12.1 Å². The van der Waals surface area contributed by atoms with E-state index < -0.39 is 0 Å². The molecule has 0 unspecified atom stereocenters. The highest BCUT2D eigenvalue weighted by Gasteiger charge is 2.27. The van der Waals surface area contributed by atoms with Gasteiger partial charge in [0.1, 0.15) is 5.82 Å². The van der Waals surface area contributed by atoms with Crippen LogP contribution >= 0.6 is 0 Å². The summed E-state index contributed by atoms with van der Waals surface area (Å²) < 4.78 is 19.0. The number of nitrogens with zero attached hydrogens (tertiary/aromatic N) is 4. The lowest BCUT2D eigenvalue weighted by molar-refractivity contribution is -0.145. The first-order valence-electron chi connectivity index (χ1n) is 12.1. The molecule has 2 heterocycles. The summed E-state index contributed by atoms with van der Waals surface area (Å²) in [6, 6.07) is 8.77. The van der Waals surface area contributed by atoms with Gasteiger partial charge < -0.3 is 20.1 Å². The van der Waals surface area contributed by atoms with Gasteiger partial charge in [-0.25, -0.2) is 9.40 Å². The molecule has 192 valence electrons. The summed E-state index contributed by atoms with van der Waals surface area (Å²) in [7, 11) is 1.70. The Kier molecular flexibility index (Phi) is 7.85. The van der Waals surface area contributed by atoms with Gasteiger partial charge in [0, 0.05) is 56.4 Å². The Morgan fingerprint density at radius 2 is 1.92 bits per heavy atom. The van der Waals surface area contributed by atoms with Crippen molar-refractivity contribution in [3.05, 3.63) is 59.0 Å². The molecule has 1 aromatic heterocycles. The Balaban J connectivity index is 1.48. The lowest BCUT2D eigenvalue weighted by atomic mass is 10.1. The van der Waals surface area contributed by atoms with Gasteiger partial charge in [0.25, 0.3) is 5.91 Å². The first kappa shape index (κ1) is 25.6. The fourth-order valence-electron chi connectivity index (χ4n) is 4.36. The van der Waals surface area contributed by atoms with Gasteiger partial charge in [0.2, 0.25) is 5.91 Å². The molecule has 0 saturated heterocycles. The van der Waals surface area contributed by atoms with Crippen LogP contribution in [0.25, 0.3) is 11.0 Å². The number of nitrogens with one attached hydrogen (secondary N) is 2. The summed E-state index contributed by atoms with van der Waals surface area (Å²) in [5, 5.41) is 14.3. The quantitative estimate of drug-likeness (QED) is 0.417. The number of fused-ring (bicyclic) bond motifs is 2. The van der Waals surface area contributed by atoms with Gasteiger partial charge in [-0.1, -0.05) is 25.1 Å². The first-order chi connectivity index (χ1) is 17.2. The van der Waals surface area contributed by atoms with Gasteiger partial charge in [-0.3, -0.25) is 14.6 Å². The van der Waals surface area contributed by atoms with Crippen molar-refractivity contribution in [2.24, 2.45) is 0 Å². The fraction of sp³-hybridized carbons (Fsp3) is 0.423. The van der Waals surface area contributed by atoms with E-state index in [4.69, 9.17) is 4.52 Å². The highest BCUT2D eigenvalue weighted by atomic mass is 19.1.